The largest absolute Gasteiger partial charge is 0.504 e. The summed E-state index contributed by atoms with van der Waals surface area (Å²) in [5.74, 6) is -1.18. The van der Waals surface area contributed by atoms with Crippen molar-refractivity contribution in [3.63, 3.8) is 0 Å². The van der Waals surface area contributed by atoms with Gasteiger partial charge in [0.05, 0.1) is 0 Å². The Morgan fingerprint density at radius 3 is 2.14 bits per heavy atom. The Kier molecular flexibility index (Phi) is 3.19. The average Bonchev–Trinajstić information content (AvgIpc) is 2.13. The molecule has 0 heterocycles. The molecule has 0 saturated heterocycles. The van der Waals surface area contributed by atoms with Gasteiger partial charge < -0.3 is 21.1 Å². The molecule has 1 aromatic rings. The Labute approximate surface area is 82.6 Å². The Hall–Kier alpha value is -1.42. The minimum absolute atomic E-state index is 0.225. The summed E-state index contributed by atoms with van der Waals surface area (Å²) in [6, 6.07) is 2.52. The molecule has 1 unspecified atom stereocenters. The topological polar surface area (TPSA) is 86.7 Å². The number of phenolic OH excluding ortho intramolecular Hbond substituents is 3. The molecule has 5 N–H and O–H groups in total. The summed E-state index contributed by atoms with van der Waals surface area (Å²) >= 11 is 0. The number of hydrogen-bond acceptors (Lipinski definition) is 4. The second-order valence-electron chi connectivity index (χ2n) is 3.30. The van der Waals surface area contributed by atoms with E-state index in [1.165, 1.54) is 12.1 Å². The van der Waals surface area contributed by atoms with E-state index in [1.807, 2.05) is 6.92 Å². The molecule has 4 heteroatoms. The number of nitrogens with two attached hydrogens (primary N) is 1. The van der Waals surface area contributed by atoms with Gasteiger partial charge >= 0.3 is 0 Å². The highest BCUT2D eigenvalue weighted by molar-refractivity contribution is 5.51. The van der Waals surface area contributed by atoms with Crippen molar-refractivity contribution in [1.29, 1.82) is 0 Å². The number of hydrogen-bond donors (Lipinski definition) is 4. The lowest BCUT2D eigenvalue weighted by Gasteiger charge is -2.12. The minimum Gasteiger partial charge on any atom is -0.504 e. The predicted molar refractivity (Wildman–Crippen MR) is 53.3 cm³/mol. The first-order valence-electron chi connectivity index (χ1n) is 4.56. The molecule has 0 aliphatic rings. The lowest BCUT2D eigenvalue weighted by Crippen LogP contribution is -2.09. The van der Waals surface area contributed by atoms with Gasteiger partial charge in [0.15, 0.2) is 17.2 Å². The van der Waals surface area contributed by atoms with Crippen LogP contribution in [0.5, 0.6) is 17.2 Å². The smallest absolute Gasteiger partial charge is 0.200 e. The van der Waals surface area contributed by atoms with Crippen LogP contribution in [0.25, 0.3) is 0 Å². The summed E-state index contributed by atoms with van der Waals surface area (Å²) in [5.41, 5.74) is 6.41. The number of aromatic hydroxyl groups is 3. The molecule has 0 spiro atoms. The zero-order valence-corrected chi connectivity index (χ0v) is 8.07. The Morgan fingerprint density at radius 2 is 1.71 bits per heavy atom. The predicted octanol–water partition coefficient (Wildman–Crippen LogP) is 1.60. The van der Waals surface area contributed by atoms with Crippen LogP contribution >= 0.6 is 0 Å². The molecule has 0 aliphatic heterocycles. The third kappa shape index (κ3) is 2.09. The lowest BCUT2D eigenvalue weighted by atomic mass is 10.0. The third-order valence-corrected chi connectivity index (χ3v) is 2.12. The SMILES string of the molecule is CCCC(N)c1cc(O)c(O)c(O)c1. The van der Waals surface area contributed by atoms with Crippen molar-refractivity contribution in [2.45, 2.75) is 25.8 Å². The first-order valence-corrected chi connectivity index (χ1v) is 4.56. The van der Waals surface area contributed by atoms with Crippen LogP contribution in [0, 0.1) is 0 Å². The van der Waals surface area contributed by atoms with Gasteiger partial charge in [-0.15, -0.1) is 0 Å². The van der Waals surface area contributed by atoms with Crippen molar-refractivity contribution in [2.75, 3.05) is 0 Å². The second kappa shape index (κ2) is 4.19. The average molecular weight is 197 g/mol. The zero-order chi connectivity index (χ0) is 10.7. The summed E-state index contributed by atoms with van der Waals surface area (Å²) in [7, 11) is 0. The summed E-state index contributed by atoms with van der Waals surface area (Å²) < 4.78 is 0. The van der Waals surface area contributed by atoms with Crippen molar-refractivity contribution >= 4 is 0 Å². The van der Waals surface area contributed by atoms with Crippen molar-refractivity contribution in [3.05, 3.63) is 17.7 Å². The molecule has 1 rings (SSSR count). The van der Waals surface area contributed by atoms with Gasteiger partial charge in [-0.05, 0) is 24.1 Å². The maximum absolute atomic E-state index is 9.23. The molecule has 4 nitrogen and oxygen atoms in total. The van der Waals surface area contributed by atoms with Crippen LogP contribution in [0.2, 0.25) is 0 Å². The fourth-order valence-corrected chi connectivity index (χ4v) is 1.32. The van der Waals surface area contributed by atoms with Crippen LogP contribution in [-0.4, -0.2) is 15.3 Å². The monoisotopic (exact) mass is 197 g/mol. The third-order valence-electron chi connectivity index (χ3n) is 2.12. The molecule has 14 heavy (non-hydrogen) atoms. The van der Waals surface area contributed by atoms with Gasteiger partial charge in [0.25, 0.3) is 0 Å². The van der Waals surface area contributed by atoms with Crippen molar-refractivity contribution in [3.8, 4) is 17.2 Å². The minimum atomic E-state index is -0.502. The fraction of sp³-hybridized carbons (Fsp3) is 0.400. The molecular weight excluding hydrogens is 182 g/mol. The van der Waals surface area contributed by atoms with Gasteiger partial charge in [0.2, 0.25) is 0 Å². The van der Waals surface area contributed by atoms with Gasteiger partial charge in [-0.2, -0.15) is 0 Å². The van der Waals surface area contributed by atoms with Gasteiger partial charge in [-0.25, -0.2) is 0 Å². The number of benzene rings is 1. The van der Waals surface area contributed by atoms with Crippen LogP contribution in [0.4, 0.5) is 0 Å². The highest BCUT2D eigenvalue weighted by atomic mass is 16.3. The summed E-state index contributed by atoms with van der Waals surface area (Å²) in [5, 5.41) is 27.6. The van der Waals surface area contributed by atoms with E-state index in [9.17, 15) is 10.2 Å². The molecule has 0 amide bonds. The highest BCUT2D eigenvalue weighted by Crippen LogP contribution is 2.37. The van der Waals surface area contributed by atoms with Crippen molar-refractivity contribution < 1.29 is 15.3 Å². The van der Waals surface area contributed by atoms with Gasteiger partial charge in [-0.1, -0.05) is 13.3 Å². The molecule has 1 atom stereocenters. The molecule has 0 fully saturated rings. The van der Waals surface area contributed by atoms with Crippen LogP contribution in [0.1, 0.15) is 31.4 Å². The van der Waals surface area contributed by atoms with E-state index < -0.39 is 5.75 Å². The Bertz CT molecular complexity index is 302. The van der Waals surface area contributed by atoms with Gasteiger partial charge in [0.1, 0.15) is 0 Å². The molecule has 0 bridgehead atoms. The first kappa shape index (κ1) is 10.7. The maximum atomic E-state index is 9.23. The molecular formula is C10H15NO3. The number of phenols is 3. The van der Waals surface area contributed by atoms with E-state index in [-0.39, 0.29) is 17.5 Å². The summed E-state index contributed by atoms with van der Waals surface area (Å²) in [6.45, 7) is 2.00. The quantitative estimate of drug-likeness (QED) is 0.554. The van der Waals surface area contributed by atoms with Crippen LogP contribution in [0.3, 0.4) is 0 Å². The van der Waals surface area contributed by atoms with Crippen LogP contribution in [-0.2, 0) is 0 Å². The van der Waals surface area contributed by atoms with E-state index in [0.717, 1.165) is 12.8 Å². The van der Waals surface area contributed by atoms with Crippen LogP contribution < -0.4 is 5.73 Å². The van der Waals surface area contributed by atoms with Gasteiger partial charge in [-0.3, -0.25) is 0 Å². The van der Waals surface area contributed by atoms with E-state index in [0.29, 0.717) is 5.56 Å². The second-order valence-corrected chi connectivity index (χ2v) is 3.30. The van der Waals surface area contributed by atoms with Crippen LogP contribution in [0.15, 0.2) is 12.1 Å². The van der Waals surface area contributed by atoms with Gasteiger partial charge in [0, 0.05) is 6.04 Å². The Balaban J connectivity index is 3.00. The maximum Gasteiger partial charge on any atom is 0.200 e. The van der Waals surface area contributed by atoms with E-state index in [2.05, 4.69) is 0 Å². The summed E-state index contributed by atoms with van der Waals surface area (Å²) in [6.07, 6.45) is 1.69. The highest BCUT2D eigenvalue weighted by Gasteiger charge is 2.12. The van der Waals surface area contributed by atoms with E-state index >= 15 is 0 Å². The lowest BCUT2D eigenvalue weighted by molar-refractivity contribution is 0.366. The molecule has 0 aliphatic carbocycles. The fourth-order valence-electron chi connectivity index (χ4n) is 1.32. The molecule has 1 aromatic carbocycles. The number of rotatable bonds is 3. The van der Waals surface area contributed by atoms with Crippen molar-refractivity contribution in [1.82, 2.24) is 0 Å². The first-order chi connectivity index (χ1) is 6.56. The van der Waals surface area contributed by atoms with E-state index in [4.69, 9.17) is 10.8 Å². The summed E-state index contributed by atoms with van der Waals surface area (Å²) in [4.78, 5) is 0. The van der Waals surface area contributed by atoms with Crippen molar-refractivity contribution in [2.24, 2.45) is 5.73 Å². The molecule has 0 saturated carbocycles. The van der Waals surface area contributed by atoms with E-state index in [1.54, 1.807) is 0 Å². The molecule has 0 aromatic heterocycles. The zero-order valence-electron chi connectivity index (χ0n) is 8.07. The normalized spacial score (nSPS) is 12.7. The Morgan fingerprint density at radius 1 is 1.21 bits per heavy atom. The standard InChI is InChI=1S/C10H15NO3/c1-2-3-7(11)6-4-8(12)10(14)9(13)5-6/h4-5,7,12-14H,2-3,11H2,1H3. The molecule has 0 radical (unpaired) electrons. The molecule has 78 valence electrons.